The quantitative estimate of drug-likeness (QED) is 0.248. The molecule has 0 bridgehead atoms. The Labute approximate surface area is 219 Å². The molecule has 3 N–H and O–H groups in total. The summed E-state index contributed by atoms with van der Waals surface area (Å²) in [7, 11) is 0. The molecular formula is C30H39ClN4O. The van der Waals surface area contributed by atoms with Gasteiger partial charge in [-0.2, -0.15) is 0 Å². The van der Waals surface area contributed by atoms with E-state index in [2.05, 4.69) is 21.7 Å². The first-order valence-electron chi connectivity index (χ1n) is 14.0. The lowest BCUT2D eigenvalue weighted by Gasteiger charge is -2.26. The van der Waals surface area contributed by atoms with E-state index in [9.17, 15) is 4.79 Å². The van der Waals surface area contributed by atoms with E-state index in [1.165, 1.54) is 79.3 Å². The largest absolute Gasteiger partial charge is 0.384 e. The summed E-state index contributed by atoms with van der Waals surface area (Å²) in [6.45, 7) is 2.06. The van der Waals surface area contributed by atoms with Crippen molar-refractivity contribution >= 4 is 28.2 Å². The molecule has 0 fully saturated rings. The smallest absolute Gasteiger partial charge is 0.248 e. The van der Waals surface area contributed by atoms with Crippen LogP contribution in [0.2, 0.25) is 5.02 Å². The summed E-state index contributed by atoms with van der Waals surface area (Å²) in [5, 5.41) is 9.47. The van der Waals surface area contributed by atoms with Gasteiger partial charge >= 0.3 is 0 Å². The van der Waals surface area contributed by atoms with Gasteiger partial charge in [0.25, 0.3) is 0 Å². The zero-order valence-electron chi connectivity index (χ0n) is 21.3. The number of nitrogens with one attached hydrogen (secondary N) is 3. The zero-order chi connectivity index (χ0) is 24.7. The second-order valence-electron chi connectivity index (χ2n) is 10.5. The van der Waals surface area contributed by atoms with Gasteiger partial charge < -0.3 is 15.6 Å². The molecule has 0 aliphatic heterocycles. The van der Waals surface area contributed by atoms with Crippen LogP contribution in [0.5, 0.6) is 0 Å². The molecule has 0 amide bonds. The molecule has 1 aromatic carbocycles. The number of pyridine rings is 2. The second kappa shape index (κ2) is 12.2. The molecule has 192 valence electrons. The minimum Gasteiger partial charge on any atom is -0.384 e. The second-order valence-corrected chi connectivity index (χ2v) is 10.9. The molecule has 0 saturated heterocycles. The number of benzene rings is 1. The fourth-order valence-corrected chi connectivity index (χ4v) is 6.13. The van der Waals surface area contributed by atoms with Gasteiger partial charge in [-0.15, -0.1) is 0 Å². The molecule has 3 aromatic rings. The standard InChI is InChI=1S/C30H39ClN4O/c31-21-14-15-24-28(20-21)34-27-11-6-5-10-23(27)30(24)33-19-8-4-2-1-3-7-18-32-25-12-9-13-26-22(25)16-17-29(36)35-26/h14-17,20,25,32H,1-13,18-19H2,(H,33,34)(H,35,36)/t25-/m0/s1. The van der Waals surface area contributed by atoms with Crippen LogP contribution in [-0.4, -0.2) is 23.1 Å². The van der Waals surface area contributed by atoms with Crippen LogP contribution in [0.25, 0.3) is 10.9 Å². The van der Waals surface area contributed by atoms with Crippen LogP contribution in [0.1, 0.15) is 92.8 Å². The molecule has 0 spiro atoms. The van der Waals surface area contributed by atoms with E-state index in [4.69, 9.17) is 16.6 Å². The van der Waals surface area contributed by atoms with Crippen LogP contribution in [0.4, 0.5) is 5.69 Å². The molecule has 2 aliphatic carbocycles. The van der Waals surface area contributed by atoms with Crippen molar-refractivity contribution in [3.05, 3.63) is 68.2 Å². The van der Waals surface area contributed by atoms with Crippen LogP contribution in [-0.2, 0) is 19.3 Å². The summed E-state index contributed by atoms with van der Waals surface area (Å²) in [4.78, 5) is 19.5. The van der Waals surface area contributed by atoms with Gasteiger partial charge in [-0.3, -0.25) is 9.78 Å². The number of hydrogen-bond donors (Lipinski definition) is 3. The lowest BCUT2D eigenvalue weighted by Crippen LogP contribution is -2.28. The average molecular weight is 507 g/mol. The summed E-state index contributed by atoms with van der Waals surface area (Å²) in [5.74, 6) is 0. The van der Waals surface area contributed by atoms with E-state index in [1.807, 2.05) is 18.2 Å². The van der Waals surface area contributed by atoms with Crippen LogP contribution < -0.4 is 16.2 Å². The van der Waals surface area contributed by atoms with Gasteiger partial charge in [-0.25, -0.2) is 0 Å². The van der Waals surface area contributed by atoms with Gasteiger partial charge in [0.1, 0.15) is 0 Å². The number of hydrogen-bond acceptors (Lipinski definition) is 4. The van der Waals surface area contributed by atoms with Gasteiger partial charge in [0, 0.05) is 46.1 Å². The lowest BCUT2D eigenvalue weighted by molar-refractivity contribution is 0.443. The summed E-state index contributed by atoms with van der Waals surface area (Å²) in [5.41, 5.74) is 7.44. The summed E-state index contributed by atoms with van der Waals surface area (Å²) in [6, 6.07) is 10.2. The van der Waals surface area contributed by atoms with E-state index in [-0.39, 0.29) is 5.56 Å². The molecular weight excluding hydrogens is 468 g/mol. The van der Waals surface area contributed by atoms with Crippen LogP contribution >= 0.6 is 11.6 Å². The number of aryl methyl sites for hydroxylation is 2. The van der Waals surface area contributed by atoms with Crippen molar-refractivity contribution < 1.29 is 0 Å². The predicted octanol–water partition coefficient (Wildman–Crippen LogP) is 6.88. The highest BCUT2D eigenvalue weighted by Crippen LogP contribution is 2.34. The number of nitrogens with zero attached hydrogens (tertiary/aromatic N) is 1. The molecule has 5 rings (SSSR count). The third kappa shape index (κ3) is 6.12. The number of rotatable bonds is 11. The van der Waals surface area contributed by atoms with Gasteiger partial charge in [0.15, 0.2) is 0 Å². The molecule has 36 heavy (non-hydrogen) atoms. The lowest BCUT2D eigenvalue weighted by atomic mass is 9.91. The van der Waals surface area contributed by atoms with E-state index in [1.54, 1.807) is 6.07 Å². The minimum absolute atomic E-state index is 0.0167. The van der Waals surface area contributed by atoms with Crippen LogP contribution in [0, 0.1) is 0 Å². The maximum absolute atomic E-state index is 11.6. The topological polar surface area (TPSA) is 69.8 Å². The normalized spacial score (nSPS) is 17.1. The Morgan fingerprint density at radius 1 is 0.917 bits per heavy atom. The Morgan fingerprint density at radius 3 is 2.61 bits per heavy atom. The molecule has 0 saturated carbocycles. The van der Waals surface area contributed by atoms with Gasteiger partial charge in [0.2, 0.25) is 5.56 Å². The molecule has 0 radical (unpaired) electrons. The third-order valence-corrected chi connectivity index (χ3v) is 8.09. The molecule has 2 heterocycles. The van der Waals surface area contributed by atoms with Gasteiger partial charge in [0.05, 0.1) is 5.52 Å². The van der Waals surface area contributed by atoms with Gasteiger partial charge in [-0.05, 0) is 93.7 Å². The third-order valence-electron chi connectivity index (χ3n) is 7.85. The Bertz CT molecular complexity index is 1240. The maximum Gasteiger partial charge on any atom is 0.248 e. The number of fused-ring (bicyclic) bond motifs is 3. The molecule has 0 unspecified atom stereocenters. The fourth-order valence-electron chi connectivity index (χ4n) is 5.96. The highest BCUT2D eigenvalue weighted by atomic mass is 35.5. The fraction of sp³-hybridized carbons (Fsp3) is 0.533. The van der Waals surface area contributed by atoms with Crippen molar-refractivity contribution in [2.75, 3.05) is 18.4 Å². The van der Waals surface area contributed by atoms with E-state index in [0.717, 1.165) is 61.4 Å². The number of halogens is 1. The Morgan fingerprint density at radius 2 is 1.72 bits per heavy atom. The number of aromatic nitrogens is 2. The number of H-pyrrole nitrogens is 1. The molecule has 2 aliphatic rings. The highest BCUT2D eigenvalue weighted by Gasteiger charge is 2.20. The van der Waals surface area contributed by atoms with Crippen molar-refractivity contribution in [3.63, 3.8) is 0 Å². The Hall–Kier alpha value is -2.37. The molecule has 6 heteroatoms. The first-order valence-corrected chi connectivity index (χ1v) is 14.4. The zero-order valence-corrected chi connectivity index (χ0v) is 22.1. The Kier molecular flexibility index (Phi) is 8.60. The molecule has 2 aromatic heterocycles. The van der Waals surface area contributed by atoms with E-state index in [0.29, 0.717) is 6.04 Å². The first kappa shape index (κ1) is 25.3. The monoisotopic (exact) mass is 506 g/mol. The van der Waals surface area contributed by atoms with Crippen molar-refractivity contribution in [1.82, 2.24) is 15.3 Å². The van der Waals surface area contributed by atoms with Crippen molar-refractivity contribution in [2.45, 2.75) is 89.5 Å². The predicted molar refractivity (Wildman–Crippen MR) is 150 cm³/mol. The summed E-state index contributed by atoms with van der Waals surface area (Å²) >= 11 is 6.25. The number of anilines is 1. The van der Waals surface area contributed by atoms with Crippen LogP contribution in [0.15, 0.2) is 35.1 Å². The highest BCUT2D eigenvalue weighted by molar-refractivity contribution is 6.31. The molecule has 1 atom stereocenters. The average Bonchev–Trinajstić information content (AvgIpc) is 2.88. The van der Waals surface area contributed by atoms with E-state index < -0.39 is 0 Å². The SMILES string of the molecule is O=c1ccc2c([nH]1)CCC[C@@H]2NCCCCCCCCNc1c2c(nc3cc(Cl)ccc13)CCCC2. The summed E-state index contributed by atoms with van der Waals surface area (Å²) in [6.07, 6.45) is 15.5. The Balaban J connectivity index is 1.01. The number of aromatic amines is 1. The molecule has 5 nitrogen and oxygen atoms in total. The van der Waals surface area contributed by atoms with Crippen LogP contribution in [0.3, 0.4) is 0 Å². The minimum atomic E-state index is 0.0167. The first-order chi connectivity index (χ1) is 17.7. The van der Waals surface area contributed by atoms with E-state index >= 15 is 0 Å². The van der Waals surface area contributed by atoms with Crippen molar-refractivity contribution in [3.8, 4) is 0 Å². The van der Waals surface area contributed by atoms with Crippen molar-refractivity contribution in [2.24, 2.45) is 0 Å². The number of unbranched alkanes of at least 4 members (excludes halogenated alkanes) is 5. The maximum atomic E-state index is 11.6. The summed E-state index contributed by atoms with van der Waals surface area (Å²) < 4.78 is 0. The van der Waals surface area contributed by atoms with Crippen molar-refractivity contribution in [1.29, 1.82) is 0 Å². The van der Waals surface area contributed by atoms with Gasteiger partial charge in [-0.1, -0.05) is 43.4 Å².